The van der Waals surface area contributed by atoms with Crippen LogP contribution in [-0.2, 0) is 13.6 Å². The predicted molar refractivity (Wildman–Crippen MR) is 97.5 cm³/mol. The van der Waals surface area contributed by atoms with Gasteiger partial charge in [0.05, 0.1) is 13.6 Å². The second-order valence-electron chi connectivity index (χ2n) is 6.81. The highest BCUT2D eigenvalue weighted by Gasteiger charge is 2.19. The van der Waals surface area contributed by atoms with Crippen LogP contribution in [0.1, 0.15) is 54.3 Å². The van der Waals surface area contributed by atoms with Gasteiger partial charge < -0.3 is 9.88 Å². The van der Waals surface area contributed by atoms with Crippen molar-refractivity contribution >= 4 is 5.91 Å². The number of amides is 1. The van der Waals surface area contributed by atoms with E-state index in [4.69, 9.17) is 0 Å². The van der Waals surface area contributed by atoms with Crippen molar-refractivity contribution in [3.8, 4) is 11.4 Å². The maximum absolute atomic E-state index is 12.5. The average Bonchev–Trinajstić information content (AvgIpc) is 3.36. The number of carbonyl (C=O) groups excluding carboxylic acids is 1. The number of aryl methyl sites for hydroxylation is 1. The van der Waals surface area contributed by atoms with E-state index in [9.17, 15) is 4.79 Å². The van der Waals surface area contributed by atoms with Crippen LogP contribution in [0.15, 0.2) is 30.6 Å². The van der Waals surface area contributed by atoms with Crippen LogP contribution in [0.3, 0.4) is 0 Å². The molecule has 2 heterocycles. The SMILES string of the molecule is Cn1nnc(-c2ccc(C(=O)NCc3nncn3C3CCCCC3)cc2)n1. The summed E-state index contributed by atoms with van der Waals surface area (Å²) < 4.78 is 2.11. The van der Waals surface area contributed by atoms with Crippen LogP contribution in [-0.4, -0.2) is 40.9 Å². The predicted octanol–water partition coefficient (Wildman–Crippen LogP) is 1.90. The van der Waals surface area contributed by atoms with Gasteiger partial charge in [0.1, 0.15) is 6.33 Å². The van der Waals surface area contributed by atoms with Crippen LogP contribution in [0.2, 0.25) is 0 Å². The Bertz CT molecular complexity index is 908. The smallest absolute Gasteiger partial charge is 0.251 e. The van der Waals surface area contributed by atoms with Gasteiger partial charge in [0.2, 0.25) is 5.82 Å². The third-order valence-corrected chi connectivity index (χ3v) is 4.94. The minimum Gasteiger partial charge on any atom is -0.345 e. The zero-order chi connectivity index (χ0) is 18.6. The van der Waals surface area contributed by atoms with E-state index >= 15 is 0 Å². The number of hydrogen-bond acceptors (Lipinski definition) is 6. The summed E-state index contributed by atoms with van der Waals surface area (Å²) >= 11 is 0. The summed E-state index contributed by atoms with van der Waals surface area (Å²) in [6.45, 7) is 0.364. The maximum atomic E-state index is 12.5. The number of aromatic nitrogens is 7. The largest absolute Gasteiger partial charge is 0.345 e. The first kappa shape index (κ1) is 17.3. The molecular weight excluding hydrogens is 344 g/mol. The Kier molecular flexibility index (Phi) is 4.91. The van der Waals surface area contributed by atoms with Crippen LogP contribution in [0, 0.1) is 0 Å². The third kappa shape index (κ3) is 3.86. The van der Waals surface area contributed by atoms with Crippen LogP contribution >= 0.6 is 0 Å². The Balaban J connectivity index is 1.39. The van der Waals surface area contributed by atoms with Gasteiger partial charge in [-0.3, -0.25) is 4.79 Å². The molecule has 9 heteroatoms. The molecule has 0 atom stereocenters. The molecule has 1 N–H and O–H groups in total. The summed E-state index contributed by atoms with van der Waals surface area (Å²) in [6, 6.07) is 7.59. The van der Waals surface area contributed by atoms with Crippen molar-refractivity contribution in [3.05, 3.63) is 42.0 Å². The fraction of sp³-hybridized carbons (Fsp3) is 0.444. The summed E-state index contributed by atoms with van der Waals surface area (Å²) in [7, 11) is 1.71. The third-order valence-electron chi connectivity index (χ3n) is 4.94. The van der Waals surface area contributed by atoms with Gasteiger partial charge in [0, 0.05) is 17.2 Å². The van der Waals surface area contributed by atoms with Crippen molar-refractivity contribution in [1.29, 1.82) is 0 Å². The molecule has 0 saturated heterocycles. The van der Waals surface area contributed by atoms with Crippen molar-refractivity contribution in [2.45, 2.75) is 44.7 Å². The average molecular weight is 366 g/mol. The molecule has 4 rings (SSSR count). The van der Waals surface area contributed by atoms with Gasteiger partial charge in [-0.1, -0.05) is 31.4 Å². The van der Waals surface area contributed by atoms with Crippen molar-refractivity contribution < 1.29 is 4.79 Å². The molecule has 27 heavy (non-hydrogen) atoms. The molecule has 2 aromatic heterocycles. The Labute approximate surface area is 156 Å². The van der Waals surface area contributed by atoms with E-state index in [1.165, 1.54) is 24.1 Å². The highest BCUT2D eigenvalue weighted by Crippen LogP contribution is 2.28. The van der Waals surface area contributed by atoms with Gasteiger partial charge in [-0.15, -0.1) is 20.4 Å². The van der Waals surface area contributed by atoms with E-state index in [1.54, 1.807) is 25.5 Å². The first-order valence-corrected chi connectivity index (χ1v) is 9.22. The van der Waals surface area contributed by atoms with Crippen molar-refractivity contribution in [2.75, 3.05) is 0 Å². The molecule has 0 aliphatic heterocycles. The van der Waals surface area contributed by atoms with E-state index in [0.29, 0.717) is 24.0 Å². The minimum atomic E-state index is -0.146. The molecule has 1 aliphatic rings. The van der Waals surface area contributed by atoms with Gasteiger partial charge in [-0.05, 0) is 30.2 Å². The van der Waals surface area contributed by atoms with E-state index in [1.807, 2.05) is 12.1 Å². The number of nitrogens with zero attached hydrogens (tertiary/aromatic N) is 7. The Morgan fingerprint density at radius 1 is 1.15 bits per heavy atom. The number of benzene rings is 1. The van der Waals surface area contributed by atoms with Crippen LogP contribution < -0.4 is 5.32 Å². The Morgan fingerprint density at radius 2 is 1.93 bits per heavy atom. The molecular formula is C18H22N8O. The molecule has 1 saturated carbocycles. The van der Waals surface area contributed by atoms with Crippen molar-refractivity contribution in [2.24, 2.45) is 7.05 Å². The van der Waals surface area contributed by atoms with Crippen LogP contribution in [0.4, 0.5) is 0 Å². The minimum absolute atomic E-state index is 0.146. The molecule has 1 fully saturated rings. The van der Waals surface area contributed by atoms with Crippen molar-refractivity contribution in [1.82, 2.24) is 40.3 Å². The first-order chi connectivity index (χ1) is 13.2. The van der Waals surface area contributed by atoms with Crippen LogP contribution in [0.5, 0.6) is 0 Å². The number of carbonyl (C=O) groups is 1. The summed E-state index contributed by atoms with van der Waals surface area (Å²) in [5.74, 6) is 1.19. The molecule has 1 aliphatic carbocycles. The topological polar surface area (TPSA) is 103 Å². The lowest BCUT2D eigenvalue weighted by Gasteiger charge is -2.24. The van der Waals surface area contributed by atoms with E-state index in [-0.39, 0.29) is 5.91 Å². The summed E-state index contributed by atoms with van der Waals surface area (Å²) in [5.41, 5.74) is 1.39. The number of tetrazole rings is 1. The maximum Gasteiger partial charge on any atom is 0.251 e. The van der Waals surface area contributed by atoms with E-state index < -0.39 is 0 Å². The number of nitrogens with one attached hydrogen (secondary N) is 1. The molecule has 1 aromatic carbocycles. The molecule has 0 bridgehead atoms. The number of hydrogen-bond donors (Lipinski definition) is 1. The van der Waals surface area contributed by atoms with Gasteiger partial charge in [0.15, 0.2) is 5.82 Å². The van der Waals surface area contributed by atoms with E-state index in [0.717, 1.165) is 24.2 Å². The highest BCUT2D eigenvalue weighted by molar-refractivity contribution is 5.94. The van der Waals surface area contributed by atoms with Gasteiger partial charge in [0.25, 0.3) is 5.91 Å². The lowest BCUT2D eigenvalue weighted by molar-refractivity contribution is 0.0949. The Hall–Kier alpha value is -3.10. The normalized spacial score (nSPS) is 15.0. The second-order valence-corrected chi connectivity index (χ2v) is 6.81. The molecule has 0 radical (unpaired) electrons. The van der Waals surface area contributed by atoms with Crippen molar-refractivity contribution in [3.63, 3.8) is 0 Å². The van der Waals surface area contributed by atoms with Gasteiger partial charge in [-0.25, -0.2) is 0 Å². The summed E-state index contributed by atoms with van der Waals surface area (Å²) in [5, 5.41) is 23.1. The van der Waals surface area contributed by atoms with Crippen LogP contribution in [0.25, 0.3) is 11.4 Å². The molecule has 9 nitrogen and oxygen atoms in total. The second kappa shape index (κ2) is 7.65. The van der Waals surface area contributed by atoms with Gasteiger partial charge in [-0.2, -0.15) is 4.80 Å². The standard InChI is InChI=1S/C18H22N8O/c1-25-23-17(22-24-25)13-7-9-14(10-8-13)18(27)19-11-16-21-20-12-26(16)15-5-3-2-4-6-15/h7-10,12,15H,2-6,11H2,1H3,(H,19,27). The fourth-order valence-electron chi connectivity index (χ4n) is 3.49. The fourth-order valence-corrected chi connectivity index (χ4v) is 3.49. The highest BCUT2D eigenvalue weighted by atomic mass is 16.1. The molecule has 1 amide bonds. The molecule has 0 unspecified atom stereocenters. The molecule has 140 valence electrons. The van der Waals surface area contributed by atoms with E-state index in [2.05, 4.69) is 35.5 Å². The lowest BCUT2D eigenvalue weighted by atomic mass is 9.95. The molecule has 3 aromatic rings. The van der Waals surface area contributed by atoms with Gasteiger partial charge >= 0.3 is 0 Å². The Morgan fingerprint density at radius 3 is 2.63 bits per heavy atom. The quantitative estimate of drug-likeness (QED) is 0.740. The number of rotatable bonds is 5. The molecule has 0 spiro atoms. The first-order valence-electron chi connectivity index (χ1n) is 9.22. The zero-order valence-corrected chi connectivity index (χ0v) is 15.2. The summed E-state index contributed by atoms with van der Waals surface area (Å²) in [4.78, 5) is 13.9. The summed E-state index contributed by atoms with van der Waals surface area (Å²) in [6.07, 6.45) is 7.85. The monoisotopic (exact) mass is 366 g/mol. The lowest BCUT2D eigenvalue weighted by Crippen LogP contribution is -2.26. The zero-order valence-electron chi connectivity index (χ0n) is 15.2.